The molecular weight excluding hydrogens is 445 g/mol. The van der Waals surface area contributed by atoms with E-state index in [-0.39, 0.29) is 48.2 Å². The lowest BCUT2D eigenvalue weighted by atomic mass is 10.0. The largest absolute Gasteiger partial charge is 0.481 e. The zero-order chi connectivity index (χ0) is 23.0. The predicted octanol–water partition coefficient (Wildman–Crippen LogP) is 5.01. The molecule has 3 aromatic rings. The molecule has 0 radical (unpaired) electrons. The van der Waals surface area contributed by atoms with Crippen LogP contribution in [0, 0.1) is 5.82 Å². The zero-order valence-electron chi connectivity index (χ0n) is 17.1. The van der Waals surface area contributed by atoms with E-state index in [1.165, 1.54) is 42.3 Å². The lowest BCUT2D eigenvalue weighted by Crippen LogP contribution is -2.47. The van der Waals surface area contributed by atoms with Crippen molar-refractivity contribution in [1.82, 2.24) is 9.88 Å². The van der Waals surface area contributed by atoms with Crippen LogP contribution in [0.4, 0.5) is 13.2 Å². The van der Waals surface area contributed by atoms with Gasteiger partial charge in [-0.2, -0.15) is 0 Å². The van der Waals surface area contributed by atoms with E-state index in [4.69, 9.17) is 16.3 Å². The SMILES string of the molecule is C[C@@H](Oc1ccc2c(-c3ccc(F)cc3Cl)c[nH]c(=O)c2c1)C(=O)N1CCC(F)(F)CC1. The van der Waals surface area contributed by atoms with Gasteiger partial charge in [0.05, 0.1) is 10.4 Å². The number of halogens is 4. The van der Waals surface area contributed by atoms with E-state index in [9.17, 15) is 22.8 Å². The van der Waals surface area contributed by atoms with Gasteiger partial charge in [0.1, 0.15) is 11.6 Å². The summed E-state index contributed by atoms with van der Waals surface area (Å²) in [5.41, 5.74) is 0.785. The Morgan fingerprint density at radius 2 is 1.84 bits per heavy atom. The number of piperidine rings is 1. The van der Waals surface area contributed by atoms with Crippen LogP contribution in [0.2, 0.25) is 5.02 Å². The summed E-state index contributed by atoms with van der Waals surface area (Å²) in [6, 6.07) is 8.76. The molecule has 32 heavy (non-hydrogen) atoms. The van der Waals surface area contributed by atoms with Crippen molar-refractivity contribution in [2.45, 2.75) is 31.8 Å². The maximum atomic E-state index is 13.4. The minimum Gasteiger partial charge on any atom is -0.481 e. The number of alkyl halides is 2. The molecule has 0 saturated carbocycles. The van der Waals surface area contributed by atoms with Crippen LogP contribution in [0.5, 0.6) is 5.75 Å². The number of likely N-dealkylation sites (tertiary alicyclic amines) is 1. The Kier molecular flexibility index (Phi) is 5.90. The summed E-state index contributed by atoms with van der Waals surface area (Å²) < 4.78 is 45.8. The number of rotatable bonds is 4. The summed E-state index contributed by atoms with van der Waals surface area (Å²) in [5, 5.41) is 1.08. The van der Waals surface area contributed by atoms with Gasteiger partial charge in [0.25, 0.3) is 17.4 Å². The molecule has 0 unspecified atom stereocenters. The van der Waals surface area contributed by atoms with Gasteiger partial charge in [-0.25, -0.2) is 13.2 Å². The molecule has 2 aromatic carbocycles. The van der Waals surface area contributed by atoms with Gasteiger partial charge < -0.3 is 14.6 Å². The molecule has 2 heterocycles. The highest BCUT2D eigenvalue weighted by atomic mass is 35.5. The van der Waals surface area contributed by atoms with E-state index in [1.54, 1.807) is 12.1 Å². The Labute approximate surface area is 186 Å². The van der Waals surface area contributed by atoms with Crippen molar-refractivity contribution in [1.29, 1.82) is 0 Å². The number of ether oxygens (including phenoxy) is 1. The molecule has 1 N–H and O–H groups in total. The van der Waals surface area contributed by atoms with E-state index < -0.39 is 17.8 Å². The molecular formula is C23H20ClF3N2O3. The third-order valence-corrected chi connectivity index (χ3v) is 5.87. The van der Waals surface area contributed by atoms with Crippen LogP contribution < -0.4 is 10.3 Å². The standard InChI is InChI=1S/C23H20ClF3N2O3/c1-13(22(31)29-8-6-23(26,27)7-9-29)32-15-3-5-16-18(11-15)21(30)28-12-19(16)17-4-2-14(25)10-20(17)24/h2-5,10-13H,6-9H2,1H3,(H,28,30)/t13-/m1/s1. The molecule has 1 fully saturated rings. The van der Waals surface area contributed by atoms with Crippen molar-refractivity contribution >= 4 is 28.3 Å². The lowest BCUT2D eigenvalue weighted by molar-refractivity contribution is -0.143. The van der Waals surface area contributed by atoms with Crippen molar-refractivity contribution < 1.29 is 22.7 Å². The third kappa shape index (κ3) is 4.46. The summed E-state index contributed by atoms with van der Waals surface area (Å²) in [7, 11) is 0. The predicted molar refractivity (Wildman–Crippen MR) is 116 cm³/mol. The first-order valence-electron chi connectivity index (χ1n) is 10.1. The summed E-state index contributed by atoms with van der Waals surface area (Å²) >= 11 is 6.18. The van der Waals surface area contributed by atoms with Crippen LogP contribution in [0.25, 0.3) is 21.9 Å². The van der Waals surface area contributed by atoms with Crippen molar-refractivity contribution in [3.8, 4) is 16.9 Å². The van der Waals surface area contributed by atoms with E-state index >= 15 is 0 Å². The van der Waals surface area contributed by atoms with E-state index in [2.05, 4.69) is 4.98 Å². The van der Waals surface area contributed by atoms with Crippen molar-refractivity contribution in [2.75, 3.05) is 13.1 Å². The molecule has 1 atom stereocenters. The van der Waals surface area contributed by atoms with Gasteiger partial charge in [-0.15, -0.1) is 0 Å². The van der Waals surface area contributed by atoms with Crippen LogP contribution in [0.1, 0.15) is 19.8 Å². The van der Waals surface area contributed by atoms with E-state index in [0.717, 1.165) is 0 Å². The van der Waals surface area contributed by atoms with Gasteiger partial charge in [0, 0.05) is 43.3 Å². The number of benzene rings is 2. The number of aromatic nitrogens is 1. The second-order valence-electron chi connectivity index (χ2n) is 7.80. The quantitative estimate of drug-likeness (QED) is 0.590. The second-order valence-corrected chi connectivity index (χ2v) is 8.21. The molecule has 5 nitrogen and oxygen atoms in total. The van der Waals surface area contributed by atoms with Gasteiger partial charge in [0.15, 0.2) is 6.10 Å². The number of hydrogen-bond acceptors (Lipinski definition) is 3. The van der Waals surface area contributed by atoms with Crippen molar-refractivity contribution in [3.63, 3.8) is 0 Å². The monoisotopic (exact) mass is 464 g/mol. The molecule has 1 amide bonds. The molecule has 1 saturated heterocycles. The summed E-state index contributed by atoms with van der Waals surface area (Å²) in [6.07, 6.45) is -0.146. The van der Waals surface area contributed by atoms with Crippen LogP contribution in [-0.4, -0.2) is 40.9 Å². The first-order chi connectivity index (χ1) is 15.1. The maximum absolute atomic E-state index is 13.4. The molecule has 4 rings (SSSR count). The van der Waals surface area contributed by atoms with Crippen LogP contribution in [0.3, 0.4) is 0 Å². The number of carbonyl (C=O) groups is 1. The summed E-state index contributed by atoms with van der Waals surface area (Å²) in [4.78, 5) is 29.0. The molecule has 1 aliphatic heterocycles. The van der Waals surface area contributed by atoms with Crippen LogP contribution in [0.15, 0.2) is 47.4 Å². The minimum atomic E-state index is -2.74. The van der Waals surface area contributed by atoms with Gasteiger partial charge in [0.2, 0.25) is 0 Å². The number of nitrogens with one attached hydrogen (secondary N) is 1. The zero-order valence-corrected chi connectivity index (χ0v) is 17.9. The number of aromatic amines is 1. The topological polar surface area (TPSA) is 62.4 Å². The number of carbonyl (C=O) groups excluding carboxylic acids is 1. The van der Waals surface area contributed by atoms with E-state index in [0.29, 0.717) is 21.9 Å². The van der Waals surface area contributed by atoms with Crippen LogP contribution in [-0.2, 0) is 4.79 Å². The molecule has 9 heteroatoms. The Morgan fingerprint density at radius 1 is 1.12 bits per heavy atom. The molecule has 0 spiro atoms. The van der Waals surface area contributed by atoms with Crippen molar-refractivity contribution in [3.05, 3.63) is 63.8 Å². The minimum absolute atomic E-state index is 0.0291. The first-order valence-corrected chi connectivity index (χ1v) is 10.5. The fourth-order valence-electron chi connectivity index (χ4n) is 3.81. The molecule has 1 aromatic heterocycles. The van der Waals surface area contributed by atoms with Crippen molar-refractivity contribution in [2.24, 2.45) is 0 Å². The number of pyridine rings is 1. The van der Waals surface area contributed by atoms with Gasteiger partial charge >= 0.3 is 0 Å². The van der Waals surface area contributed by atoms with Gasteiger partial charge in [-0.05, 0) is 48.7 Å². The second kappa shape index (κ2) is 8.50. The van der Waals surface area contributed by atoms with E-state index in [1.807, 2.05) is 0 Å². The number of hydrogen-bond donors (Lipinski definition) is 1. The molecule has 168 valence electrons. The molecule has 1 aliphatic rings. The lowest BCUT2D eigenvalue weighted by Gasteiger charge is -2.33. The number of amides is 1. The highest BCUT2D eigenvalue weighted by molar-refractivity contribution is 6.33. The number of fused-ring (bicyclic) bond motifs is 1. The normalized spacial score (nSPS) is 16.7. The molecule has 0 bridgehead atoms. The average Bonchev–Trinajstić information content (AvgIpc) is 2.74. The number of nitrogens with zero attached hydrogens (tertiary/aromatic N) is 1. The highest BCUT2D eigenvalue weighted by Gasteiger charge is 2.36. The maximum Gasteiger partial charge on any atom is 0.263 e. The third-order valence-electron chi connectivity index (χ3n) is 5.56. The number of H-pyrrole nitrogens is 1. The first kappa shape index (κ1) is 22.2. The summed E-state index contributed by atoms with van der Waals surface area (Å²) in [6.45, 7) is 1.48. The molecule has 0 aliphatic carbocycles. The Hall–Kier alpha value is -3.00. The Bertz CT molecular complexity index is 1230. The Morgan fingerprint density at radius 3 is 2.53 bits per heavy atom. The highest BCUT2D eigenvalue weighted by Crippen LogP contribution is 2.34. The summed E-state index contributed by atoms with van der Waals surface area (Å²) in [5.74, 6) is -3.32. The smallest absolute Gasteiger partial charge is 0.263 e. The Balaban J connectivity index is 1.59. The fraction of sp³-hybridized carbons (Fsp3) is 0.304. The fourth-order valence-corrected chi connectivity index (χ4v) is 4.08. The van der Waals surface area contributed by atoms with Gasteiger partial charge in [-0.3, -0.25) is 9.59 Å². The van der Waals surface area contributed by atoms with Gasteiger partial charge in [-0.1, -0.05) is 11.6 Å². The van der Waals surface area contributed by atoms with Crippen LogP contribution >= 0.6 is 11.6 Å². The average molecular weight is 465 g/mol.